The van der Waals surface area contributed by atoms with Gasteiger partial charge in [-0.15, -0.1) is 0 Å². The van der Waals surface area contributed by atoms with Gasteiger partial charge in [0.2, 0.25) is 0 Å². The summed E-state index contributed by atoms with van der Waals surface area (Å²) < 4.78 is 26.8. The molecule has 0 radical (unpaired) electrons. The summed E-state index contributed by atoms with van der Waals surface area (Å²) in [4.78, 5) is 28.3. The molecule has 0 aliphatic heterocycles. The van der Waals surface area contributed by atoms with Gasteiger partial charge in [0, 0.05) is 4.47 Å². The lowest BCUT2D eigenvalue weighted by atomic mass is 10.3. The second-order valence-corrected chi connectivity index (χ2v) is 7.31. The second kappa shape index (κ2) is 8.45. The first-order valence-corrected chi connectivity index (χ1v) is 9.39. The van der Waals surface area contributed by atoms with Crippen LogP contribution in [-0.2, 0) is 20.9 Å². The fourth-order valence-corrected chi connectivity index (χ4v) is 3.92. The summed E-state index contributed by atoms with van der Waals surface area (Å²) in [6.07, 6.45) is 0. The fourth-order valence-electron chi connectivity index (χ4n) is 2.32. The van der Waals surface area contributed by atoms with Crippen molar-refractivity contribution < 1.29 is 23.5 Å². The fraction of sp³-hybridized carbons (Fsp3) is 0.167. The van der Waals surface area contributed by atoms with Gasteiger partial charge in [-0.2, -0.15) is 4.99 Å². The molecule has 0 bridgehead atoms. The number of fused-ring (bicyclic) bond motifs is 1. The summed E-state index contributed by atoms with van der Waals surface area (Å²) in [6.45, 7) is -0.504. The molecule has 0 saturated heterocycles. The molecule has 0 fully saturated rings. The third kappa shape index (κ3) is 4.61. The largest absolute Gasteiger partial charge is 0.481 e. The van der Waals surface area contributed by atoms with Gasteiger partial charge in [0.25, 0.3) is 5.91 Å². The van der Waals surface area contributed by atoms with Crippen molar-refractivity contribution in [2.24, 2.45) is 4.99 Å². The van der Waals surface area contributed by atoms with Crippen molar-refractivity contribution >= 4 is 49.4 Å². The summed E-state index contributed by atoms with van der Waals surface area (Å²) >= 11 is 4.64. The van der Waals surface area contributed by atoms with Crippen molar-refractivity contribution in [1.82, 2.24) is 4.57 Å². The number of amides is 1. The number of benzene rings is 2. The van der Waals surface area contributed by atoms with Gasteiger partial charge < -0.3 is 14.0 Å². The molecule has 3 rings (SSSR count). The average Bonchev–Trinajstić information content (AvgIpc) is 2.97. The molecule has 140 valence electrons. The Morgan fingerprint density at radius 2 is 2.04 bits per heavy atom. The Labute approximate surface area is 166 Å². The number of rotatable bonds is 5. The van der Waals surface area contributed by atoms with Crippen molar-refractivity contribution in [2.75, 3.05) is 13.7 Å². The standard InChI is InChI=1S/C18H14BrFN2O4S/c1-25-17(24)9-22-13-7-6-11(19)8-15(13)27-18(22)21-16(23)10-26-14-5-3-2-4-12(14)20/h2-8H,9-10H2,1H3. The van der Waals surface area contributed by atoms with Crippen LogP contribution in [0, 0.1) is 5.82 Å². The first-order chi connectivity index (χ1) is 13.0. The van der Waals surface area contributed by atoms with Gasteiger partial charge in [-0.05, 0) is 30.3 Å². The van der Waals surface area contributed by atoms with E-state index >= 15 is 0 Å². The molecule has 3 aromatic rings. The number of ether oxygens (including phenoxy) is 2. The van der Waals surface area contributed by atoms with Gasteiger partial charge in [0.05, 0.1) is 17.3 Å². The summed E-state index contributed by atoms with van der Waals surface area (Å²) in [6, 6.07) is 11.3. The molecule has 0 atom stereocenters. The SMILES string of the molecule is COC(=O)Cn1c(=NC(=O)COc2ccccc2F)sc2cc(Br)ccc21. The molecule has 2 aromatic carbocycles. The first-order valence-electron chi connectivity index (χ1n) is 7.78. The molecule has 0 spiro atoms. The van der Waals surface area contributed by atoms with Crippen LogP contribution in [0.15, 0.2) is 51.9 Å². The van der Waals surface area contributed by atoms with Crippen molar-refractivity contribution in [2.45, 2.75) is 6.54 Å². The number of methoxy groups -OCH3 is 1. The van der Waals surface area contributed by atoms with E-state index in [2.05, 4.69) is 20.9 Å². The van der Waals surface area contributed by atoms with E-state index in [4.69, 9.17) is 9.47 Å². The molecule has 1 heterocycles. The van der Waals surface area contributed by atoms with Gasteiger partial charge in [0.15, 0.2) is 23.0 Å². The van der Waals surface area contributed by atoms with E-state index in [9.17, 15) is 14.0 Å². The predicted octanol–water partition coefficient (Wildman–Crippen LogP) is 3.28. The van der Waals surface area contributed by atoms with Gasteiger partial charge in [-0.3, -0.25) is 9.59 Å². The second-order valence-electron chi connectivity index (χ2n) is 5.38. The maximum absolute atomic E-state index is 13.6. The lowest BCUT2D eigenvalue weighted by molar-refractivity contribution is -0.141. The lowest BCUT2D eigenvalue weighted by Crippen LogP contribution is -2.23. The maximum atomic E-state index is 13.6. The molecule has 1 amide bonds. The van der Waals surface area contributed by atoms with E-state index in [0.29, 0.717) is 4.80 Å². The zero-order valence-electron chi connectivity index (χ0n) is 14.1. The van der Waals surface area contributed by atoms with Gasteiger partial charge in [-0.1, -0.05) is 39.4 Å². The lowest BCUT2D eigenvalue weighted by Gasteiger charge is -2.05. The minimum Gasteiger partial charge on any atom is -0.481 e. The summed E-state index contributed by atoms with van der Waals surface area (Å²) in [7, 11) is 1.29. The Morgan fingerprint density at radius 3 is 2.78 bits per heavy atom. The van der Waals surface area contributed by atoms with E-state index in [0.717, 1.165) is 14.7 Å². The minimum atomic E-state index is -0.595. The number of para-hydroxylation sites is 1. The Balaban J connectivity index is 1.91. The zero-order valence-corrected chi connectivity index (χ0v) is 16.5. The summed E-state index contributed by atoms with van der Waals surface area (Å²) in [5.74, 6) is -1.64. The third-order valence-electron chi connectivity index (χ3n) is 3.57. The van der Waals surface area contributed by atoms with Crippen LogP contribution < -0.4 is 9.54 Å². The molecular formula is C18H14BrFN2O4S. The van der Waals surface area contributed by atoms with Crippen LogP contribution in [0.3, 0.4) is 0 Å². The van der Waals surface area contributed by atoms with E-state index in [1.165, 1.54) is 36.6 Å². The molecule has 0 aliphatic carbocycles. The smallest absolute Gasteiger partial charge is 0.325 e. The van der Waals surface area contributed by atoms with Crippen molar-refractivity contribution in [1.29, 1.82) is 0 Å². The third-order valence-corrected chi connectivity index (χ3v) is 5.10. The number of carbonyl (C=O) groups is 2. The molecule has 1 aromatic heterocycles. The number of hydrogen-bond acceptors (Lipinski definition) is 5. The molecular weight excluding hydrogens is 439 g/mol. The average molecular weight is 453 g/mol. The Morgan fingerprint density at radius 1 is 1.26 bits per heavy atom. The number of hydrogen-bond donors (Lipinski definition) is 0. The van der Waals surface area contributed by atoms with Crippen molar-refractivity contribution in [3.05, 3.63) is 57.6 Å². The normalized spacial score (nSPS) is 11.6. The molecule has 0 saturated carbocycles. The Bertz CT molecular complexity index is 1080. The van der Waals surface area contributed by atoms with Gasteiger partial charge in [0.1, 0.15) is 6.54 Å². The topological polar surface area (TPSA) is 69.9 Å². The highest BCUT2D eigenvalue weighted by Crippen LogP contribution is 2.22. The molecule has 0 unspecified atom stereocenters. The van der Waals surface area contributed by atoms with Crippen LogP contribution in [-0.4, -0.2) is 30.2 Å². The van der Waals surface area contributed by atoms with Gasteiger partial charge >= 0.3 is 5.97 Å². The molecule has 9 heteroatoms. The minimum absolute atomic E-state index is 0.0243. The first kappa shape index (κ1) is 19.2. The molecule has 0 N–H and O–H groups in total. The Hall–Kier alpha value is -2.52. The van der Waals surface area contributed by atoms with Crippen LogP contribution in [0.5, 0.6) is 5.75 Å². The highest BCUT2D eigenvalue weighted by molar-refractivity contribution is 9.10. The molecule has 27 heavy (non-hydrogen) atoms. The zero-order chi connectivity index (χ0) is 19.4. The summed E-state index contributed by atoms with van der Waals surface area (Å²) in [5.41, 5.74) is 0.746. The quantitative estimate of drug-likeness (QED) is 0.557. The number of halogens is 2. The van der Waals surface area contributed by atoms with Crippen LogP contribution in [0.25, 0.3) is 10.2 Å². The molecule has 6 nitrogen and oxygen atoms in total. The van der Waals surface area contributed by atoms with Crippen molar-refractivity contribution in [3.63, 3.8) is 0 Å². The highest BCUT2D eigenvalue weighted by atomic mass is 79.9. The van der Waals surface area contributed by atoms with E-state index < -0.39 is 24.3 Å². The van der Waals surface area contributed by atoms with Crippen LogP contribution >= 0.6 is 27.3 Å². The number of nitrogens with zero attached hydrogens (tertiary/aromatic N) is 2. The number of thiazole rings is 1. The van der Waals surface area contributed by atoms with E-state index in [1.807, 2.05) is 18.2 Å². The van der Waals surface area contributed by atoms with E-state index in [1.54, 1.807) is 10.6 Å². The highest BCUT2D eigenvalue weighted by Gasteiger charge is 2.13. The number of carbonyl (C=O) groups excluding carboxylic acids is 2. The number of aromatic nitrogens is 1. The van der Waals surface area contributed by atoms with Crippen molar-refractivity contribution in [3.8, 4) is 5.75 Å². The molecule has 0 aliphatic rings. The van der Waals surface area contributed by atoms with Crippen LogP contribution in [0.4, 0.5) is 4.39 Å². The van der Waals surface area contributed by atoms with Gasteiger partial charge in [-0.25, -0.2) is 4.39 Å². The summed E-state index contributed by atoms with van der Waals surface area (Å²) in [5, 5.41) is 0. The Kier molecular flexibility index (Phi) is 6.02. The predicted molar refractivity (Wildman–Crippen MR) is 102 cm³/mol. The van der Waals surface area contributed by atoms with Crippen LogP contribution in [0.1, 0.15) is 0 Å². The number of esters is 1. The van der Waals surface area contributed by atoms with E-state index in [-0.39, 0.29) is 12.3 Å². The monoisotopic (exact) mass is 452 g/mol. The maximum Gasteiger partial charge on any atom is 0.325 e. The van der Waals surface area contributed by atoms with Crippen LogP contribution in [0.2, 0.25) is 0 Å².